The molecular weight excluding hydrogens is 399 g/mol. The van der Waals surface area contributed by atoms with Crippen LogP contribution >= 0.6 is 0 Å². The van der Waals surface area contributed by atoms with Gasteiger partial charge in [0.2, 0.25) is 10.0 Å². The third-order valence-corrected chi connectivity index (χ3v) is 6.59. The van der Waals surface area contributed by atoms with Gasteiger partial charge in [-0.3, -0.25) is 9.78 Å². The first kappa shape index (κ1) is 19.2. The van der Waals surface area contributed by atoms with Gasteiger partial charge in [-0.25, -0.2) is 12.8 Å². The summed E-state index contributed by atoms with van der Waals surface area (Å²) >= 11 is 0. The summed E-state index contributed by atoms with van der Waals surface area (Å²) in [5.41, 5.74) is 0.828. The minimum atomic E-state index is -3.96. The fraction of sp³-hybridized carbons (Fsp3) is 0.211. The Morgan fingerprint density at radius 2 is 1.83 bits per heavy atom. The van der Waals surface area contributed by atoms with Crippen LogP contribution < -0.4 is 0 Å². The van der Waals surface area contributed by atoms with E-state index in [0.717, 1.165) is 6.07 Å². The predicted molar refractivity (Wildman–Crippen MR) is 101 cm³/mol. The molecule has 29 heavy (non-hydrogen) atoms. The Hall–Kier alpha value is -3.11. The molecule has 150 valence electrons. The van der Waals surface area contributed by atoms with Crippen LogP contribution in [0.1, 0.15) is 10.5 Å². The normalized spacial score (nSPS) is 15.4. The van der Waals surface area contributed by atoms with Crippen molar-refractivity contribution in [3.8, 4) is 11.3 Å². The summed E-state index contributed by atoms with van der Waals surface area (Å²) in [6.07, 6.45) is 3.22. The molecule has 1 fully saturated rings. The Morgan fingerprint density at radius 1 is 1.07 bits per heavy atom. The number of carbonyl (C=O) groups is 1. The van der Waals surface area contributed by atoms with Crippen molar-refractivity contribution >= 4 is 15.9 Å². The number of nitrogens with zero attached hydrogens (tertiary/aromatic N) is 4. The van der Waals surface area contributed by atoms with Gasteiger partial charge in [-0.1, -0.05) is 17.3 Å². The third-order valence-electron chi connectivity index (χ3n) is 4.66. The van der Waals surface area contributed by atoms with Crippen molar-refractivity contribution < 1.29 is 22.1 Å². The quantitative estimate of drug-likeness (QED) is 0.646. The van der Waals surface area contributed by atoms with E-state index in [2.05, 4.69) is 10.1 Å². The number of hydrogen-bond donors (Lipinski definition) is 0. The molecule has 0 aliphatic carbocycles. The Morgan fingerprint density at radius 3 is 2.52 bits per heavy atom. The molecule has 0 unspecified atom stereocenters. The lowest BCUT2D eigenvalue weighted by Crippen LogP contribution is -2.50. The lowest BCUT2D eigenvalue weighted by Gasteiger charge is -2.33. The lowest BCUT2D eigenvalue weighted by molar-refractivity contribution is 0.0687. The Kier molecular flexibility index (Phi) is 5.12. The molecule has 1 aliphatic rings. The summed E-state index contributed by atoms with van der Waals surface area (Å²) in [6.45, 7) is 0.467. The number of rotatable bonds is 4. The molecule has 8 nitrogen and oxygen atoms in total. The zero-order valence-corrected chi connectivity index (χ0v) is 16.0. The molecule has 0 radical (unpaired) electrons. The van der Waals surface area contributed by atoms with Crippen LogP contribution in [0.15, 0.2) is 64.3 Å². The first-order valence-corrected chi connectivity index (χ1v) is 10.3. The van der Waals surface area contributed by atoms with Gasteiger partial charge in [0.25, 0.3) is 5.91 Å². The molecule has 0 spiro atoms. The van der Waals surface area contributed by atoms with Crippen LogP contribution in [-0.4, -0.2) is 59.8 Å². The van der Waals surface area contributed by atoms with E-state index in [1.807, 2.05) is 0 Å². The van der Waals surface area contributed by atoms with E-state index < -0.39 is 15.8 Å². The minimum absolute atomic E-state index is 0.0652. The fourth-order valence-electron chi connectivity index (χ4n) is 3.11. The van der Waals surface area contributed by atoms with Gasteiger partial charge in [-0.15, -0.1) is 0 Å². The summed E-state index contributed by atoms with van der Waals surface area (Å²) in [5, 5.41) is 3.82. The van der Waals surface area contributed by atoms with Crippen LogP contribution in [0.2, 0.25) is 0 Å². The van der Waals surface area contributed by atoms with Crippen molar-refractivity contribution in [3.63, 3.8) is 0 Å². The zero-order chi connectivity index (χ0) is 20.4. The number of pyridine rings is 1. The number of halogens is 1. The molecular formula is C19H17FN4O4S. The van der Waals surface area contributed by atoms with Gasteiger partial charge >= 0.3 is 0 Å². The van der Waals surface area contributed by atoms with Crippen LogP contribution in [0.25, 0.3) is 11.3 Å². The Bertz CT molecular complexity index is 1130. The van der Waals surface area contributed by atoms with Gasteiger partial charge in [0.05, 0.1) is 0 Å². The molecule has 0 bridgehead atoms. The highest BCUT2D eigenvalue weighted by Crippen LogP contribution is 2.22. The van der Waals surface area contributed by atoms with E-state index in [9.17, 15) is 17.6 Å². The second-order valence-electron chi connectivity index (χ2n) is 6.44. The van der Waals surface area contributed by atoms with Crippen LogP contribution in [0, 0.1) is 5.82 Å². The molecule has 3 heterocycles. The minimum Gasteiger partial charge on any atom is -0.355 e. The number of hydrogen-bond acceptors (Lipinski definition) is 6. The first-order valence-electron chi connectivity index (χ1n) is 8.88. The number of sulfonamides is 1. The van der Waals surface area contributed by atoms with Crippen molar-refractivity contribution in [2.24, 2.45) is 0 Å². The van der Waals surface area contributed by atoms with Crippen molar-refractivity contribution in [2.45, 2.75) is 4.90 Å². The Labute approximate surface area is 166 Å². The van der Waals surface area contributed by atoms with E-state index >= 15 is 0 Å². The average molecular weight is 416 g/mol. The topological polar surface area (TPSA) is 96.6 Å². The van der Waals surface area contributed by atoms with Crippen molar-refractivity contribution in [3.05, 3.63) is 66.4 Å². The fourth-order valence-corrected chi connectivity index (χ4v) is 4.59. The van der Waals surface area contributed by atoms with Crippen molar-refractivity contribution in [2.75, 3.05) is 26.2 Å². The highest BCUT2D eigenvalue weighted by Gasteiger charge is 2.32. The highest BCUT2D eigenvalue weighted by atomic mass is 32.2. The summed E-state index contributed by atoms with van der Waals surface area (Å²) in [7, 11) is -3.96. The first-order chi connectivity index (χ1) is 14.0. The molecule has 1 aliphatic heterocycles. The van der Waals surface area contributed by atoms with Crippen LogP contribution in [-0.2, 0) is 10.0 Å². The average Bonchev–Trinajstić information content (AvgIpc) is 3.24. The molecule has 1 aromatic carbocycles. The van der Waals surface area contributed by atoms with E-state index in [1.54, 1.807) is 24.5 Å². The summed E-state index contributed by atoms with van der Waals surface area (Å²) in [5.74, 6) is -0.731. The van der Waals surface area contributed by atoms with E-state index in [0.29, 0.717) is 11.3 Å². The van der Waals surface area contributed by atoms with Crippen LogP contribution in [0.4, 0.5) is 4.39 Å². The molecule has 3 aromatic rings. The molecule has 0 N–H and O–H groups in total. The number of benzene rings is 1. The van der Waals surface area contributed by atoms with Crippen molar-refractivity contribution in [1.29, 1.82) is 0 Å². The SMILES string of the molecule is O=C(c1cc(-c2cccnc2)on1)N1CCN(S(=O)(=O)c2ccccc2F)CC1. The van der Waals surface area contributed by atoms with Gasteiger partial charge < -0.3 is 9.42 Å². The second kappa shape index (κ2) is 7.72. The smallest absolute Gasteiger partial charge is 0.276 e. The second-order valence-corrected chi connectivity index (χ2v) is 8.35. The Balaban J connectivity index is 1.44. The third kappa shape index (κ3) is 3.76. The standard InChI is InChI=1S/C19H17FN4O4S/c20-15-5-1-2-6-18(15)29(26,27)24-10-8-23(9-11-24)19(25)16-12-17(28-22-16)14-4-3-7-21-13-14/h1-7,12-13H,8-11H2. The maximum atomic E-state index is 13.9. The predicted octanol–water partition coefficient (Wildman–Crippen LogP) is 2.02. The van der Waals surface area contributed by atoms with E-state index in [4.69, 9.17) is 4.52 Å². The zero-order valence-electron chi connectivity index (χ0n) is 15.2. The maximum Gasteiger partial charge on any atom is 0.276 e. The highest BCUT2D eigenvalue weighted by molar-refractivity contribution is 7.89. The number of carbonyl (C=O) groups excluding carboxylic acids is 1. The molecule has 1 saturated heterocycles. The molecule has 2 aromatic heterocycles. The van der Waals surface area contributed by atoms with Crippen LogP contribution in [0.3, 0.4) is 0 Å². The summed E-state index contributed by atoms with van der Waals surface area (Å²) in [6, 6.07) is 10.3. The van der Waals surface area contributed by atoms with Gasteiger partial charge in [-0.2, -0.15) is 4.31 Å². The maximum absolute atomic E-state index is 13.9. The largest absolute Gasteiger partial charge is 0.355 e. The van der Waals surface area contributed by atoms with E-state index in [1.165, 1.54) is 33.5 Å². The lowest BCUT2D eigenvalue weighted by atomic mass is 10.2. The molecule has 10 heteroatoms. The number of amides is 1. The van der Waals surface area contributed by atoms with Crippen LogP contribution in [0.5, 0.6) is 0 Å². The molecule has 0 saturated carbocycles. The van der Waals surface area contributed by atoms with Gasteiger partial charge in [-0.05, 0) is 24.3 Å². The molecule has 4 rings (SSSR count). The van der Waals surface area contributed by atoms with Gasteiger partial charge in [0, 0.05) is 50.2 Å². The number of aromatic nitrogens is 2. The summed E-state index contributed by atoms with van der Waals surface area (Å²) in [4.78, 5) is 17.8. The summed E-state index contributed by atoms with van der Waals surface area (Å²) < 4.78 is 45.6. The monoisotopic (exact) mass is 416 g/mol. The van der Waals surface area contributed by atoms with Gasteiger partial charge in [0.1, 0.15) is 10.7 Å². The van der Waals surface area contributed by atoms with Crippen molar-refractivity contribution in [1.82, 2.24) is 19.3 Å². The molecule has 1 amide bonds. The van der Waals surface area contributed by atoms with E-state index in [-0.39, 0.29) is 42.7 Å². The van der Waals surface area contributed by atoms with Gasteiger partial charge in [0.15, 0.2) is 11.5 Å². The number of piperazine rings is 1. The molecule has 0 atom stereocenters.